The van der Waals surface area contributed by atoms with E-state index in [0.717, 1.165) is 6.07 Å². The van der Waals surface area contributed by atoms with Crippen molar-refractivity contribution in [2.24, 2.45) is 0 Å². The summed E-state index contributed by atoms with van der Waals surface area (Å²) in [6.07, 6.45) is 0.682. The van der Waals surface area contributed by atoms with E-state index in [4.69, 9.17) is 10.5 Å². The Balaban J connectivity index is 2.22. The Labute approximate surface area is 109 Å². The Kier molecular flexibility index (Phi) is 3.91. The van der Waals surface area contributed by atoms with E-state index in [0.29, 0.717) is 32.1 Å². The van der Waals surface area contributed by atoms with Crippen molar-refractivity contribution in [3.63, 3.8) is 0 Å². The minimum Gasteiger partial charge on any atom is -0.396 e. The van der Waals surface area contributed by atoms with Crippen molar-refractivity contribution < 1.29 is 21.9 Å². The van der Waals surface area contributed by atoms with Crippen LogP contribution < -0.4 is 10.5 Å². The average molecular weight is 292 g/mol. The normalized spacial score (nSPS) is 17.4. The molecule has 1 fully saturated rings. The van der Waals surface area contributed by atoms with E-state index in [1.807, 2.05) is 0 Å². The van der Waals surface area contributed by atoms with Crippen LogP contribution in [-0.2, 0) is 14.8 Å². The fourth-order valence-electron chi connectivity index (χ4n) is 1.87. The Hall–Kier alpha value is -1.41. The van der Waals surface area contributed by atoms with Gasteiger partial charge in [0.15, 0.2) is 0 Å². The van der Waals surface area contributed by atoms with E-state index in [9.17, 15) is 17.2 Å². The van der Waals surface area contributed by atoms with E-state index in [1.165, 1.54) is 0 Å². The van der Waals surface area contributed by atoms with Crippen LogP contribution in [0.4, 0.5) is 20.2 Å². The van der Waals surface area contributed by atoms with Crippen LogP contribution in [0.15, 0.2) is 12.1 Å². The molecular weight excluding hydrogens is 278 g/mol. The van der Waals surface area contributed by atoms with Gasteiger partial charge in [0.2, 0.25) is 10.0 Å². The standard InChI is InChI=1S/C11H14F2N2O3S/c12-8-5-9(13)11(6-10(8)14)15-19(16,17)7-1-3-18-4-2-7/h5-7,15H,1-4,14H2. The van der Waals surface area contributed by atoms with Crippen LogP contribution in [0.3, 0.4) is 0 Å². The Morgan fingerprint density at radius 2 is 1.84 bits per heavy atom. The third kappa shape index (κ3) is 3.13. The minimum atomic E-state index is -3.74. The van der Waals surface area contributed by atoms with Gasteiger partial charge in [-0.25, -0.2) is 17.2 Å². The van der Waals surface area contributed by atoms with Crippen molar-refractivity contribution >= 4 is 21.4 Å². The lowest BCUT2D eigenvalue weighted by atomic mass is 10.2. The molecule has 2 rings (SSSR count). The summed E-state index contributed by atoms with van der Waals surface area (Å²) in [5.74, 6) is -1.92. The molecule has 0 amide bonds. The van der Waals surface area contributed by atoms with Crippen molar-refractivity contribution in [3.8, 4) is 0 Å². The molecule has 3 N–H and O–H groups in total. The predicted octanol–water partition coefficient (Wildman–Crippen LogP) is 1.47. The molecule has 0 aliphatic carbocycles. The molecule has 0 unspecified atom stereocenters. The molecule has 0 bridgehead atoms. The summed E-state index contributed by atoms with van der Waals surface area (Å²) in [6.45, 7) is 0.694. The van der Waals surface area contributed by atoms with Gasteiger partial charge in [-0.15, -0.1) is 0 Å². The van der Waals surface area contributed by atoms with Gasteiger partial charge in [-0.2, -0.15) is 0 Å². The maximum Gasteiger partial charge on any atom is 0.235 e. The summed E-state index contributed by atoms with van der Waals surface area (Å²) in [5, 5.41) is -0.646. The zero-order valence-electron chi connectivity index (χ0n) is 10.0. The largest absolute Gasteiger partial charge is 0.396 e. The maximum atomic E-state index is 13.5. The van der Waals surface area contributed by atoms with Gasteiger partial charge in [0.25, 0.3) is 0 Å². The fraction of sp³-hybridized carbons (Fsp3) is 0.455. The van der Waals surface area contributed by atoms with Crippen LogP contribution in [0, 0.1) is 11.6 Å². The number of hydrogen-bond acceptors (Lipinski definition) is 4. The molecule has 1 heterocycles. The van der Waals surface area contributed by atoms with Crippen molar-refractivity contribution in [1.82, 2.24) is 0 Å². The lowest BCUT2D eigenvalue weighted by Crippen LogP contribution is -2.33. The molecule has 1 aliphatic rings. The number of nitrogens with two attached hydrogens (primary N) is 1. The summed E-state index contributed by atoms with van der Waals surface area (Å²) < 4.78 is 57.7. The molecule has 0 spiro atoms. The minimum absolute atomic E-state index is 0.314. The highest BCUT2D eigenvalue weighted by Crippen LogP contribution is 2.24. The quantitative estimate of drug-likeness (QED) is 0.827. The van der Waals surface area contributed by atoms with Gasteiger partial charge in [-0.3, -0.25) is 4.72 Å². The third-order valence-electron chi connectivity index (χ3n) is 2.95. The fourth-order valence-corrected chi connectivity index (χ4v) is 3.31. The zero-order valence-corrected chi connectivity index (χ0v) is 10.8. The monoisotopic (exact) mass is 292 g/mol. The van der Waals surface area contributed by atoms with Crippen LogP contribution in [0.1, 0.15) is 12.8 Å². The third-order valence-corrected chi connectivity index (χ3v) is 4.80. The van der Waals surface area contributed by atoms with Crippen LogP contribution in [0.5, 0.6) is 0 Å². The number of anilines is 2. The van der Waals surface area contributed by atoms with Crippen LogP contribution >= 0.6 is 0 Å². The second-order valence-electron chi connectivity index (χ2n) is 4.31. The summed E-state index contributed by atoms with van der Waals surface area (Å²) in [6, 6.07) is 1.48. The second kappa shape index (κ2) is 5.30. The highest BCUT2D eigenvalue weighted by atomic mass is 32.2. The number of rotatable bonds is 3. The highest BCUT2D eigenvalue weighted by molar-refractivity contribution is 7.93. The van der Waals surface area contributed by atoms with Gasteiger partial charge in [0, 0.05) is 19.3 Å². The van der Waals surface area contributed by atoms with Gasteiger partial charge in [-0.05, 0) is 18.9 Å². The van der Waals surface area contributed by atoms with Crippen LogP contribution in [0.2, 0.25) is 0 Å². The predicted molar refractivity (Wildman–Crippen MR) is 67.2 cm³/mol. The maximum absolute atomic E-state index is 13.5. The lowest BCUT2D eigenvalue weighted by Gasteiger charge is -2.23. The first kappa shape index (κ1) is 14.0. The van der Waals surface area contributed by atoms with E-state index in [2.05, 4.69) is 4.72 Å². The molecule has 1 aromatic rings. The Bertz CT molecular complexity index is 572. The van der Waals surface area contributed by atoms with Crippen LogP contribution in [-0.4, -0.2) is 26.9 Å². The number of nitrogen functional groups attached to an aromatic ring is 1. The molecule has 1 aromatic carbocycles. The van der Waals surface area contributed by atoms with Crippen molar-refractivity contribution in [3.05, 3.63) is 23.8 Å². The van der Waals surface area contributed by atoms with Crippen molar-refractivity contribution in [2.75, 3.05) is 23.7 Å². The van der Waals surface area contributed by atoms with E-state index < -0.39 is 26.9 Å². The summed E-state index contributed by atoms with van der Waals surface area (Å²) in [4.78, 5) is 0. The molecular formula is C11H14F2N2O3S. The van der Waals surface area contributed by atoms with Crippen molar-refractivity contribution in [1.29, 1.82) is 0 Å². The van der Waals surface area contributed by atoms with Gasteiger partial charge in [0.1, 0.15) is 11.6 Å². The molecule has 0 aromatic heterocycles. The number of hydrogen-bond donors (Lipinski definition) is 2. The smallest absolute Gasteiger partial charge is 0.235 e. The molecule has 0 radical (unpaired) electrons. The molecule has 19 heavy (non-hydrogen) atoms. The number of halogens is 2. The Morgan fingerprint density at radius 3 is 2.47 bits per heavy atom. The molecule has 0 saturated carbocycles. The molecule has 1 saturated heterocycles. The number of benzene rings is 1. The first-order valence-electron chi connectivity index (χ1n) is 5.74. The Morgan fingerprint density at radius 1 is 1.21 bits per heavy atom. The summed E-state index contributed by atoms with van der Waals surface area (Å²) in [7, 11) is -3.74. The molecule has 106 valence electrons. The number of ether oxygens (including phenoxy) is 1. The topological polar surface area (TPSA) is 81.4 Å². The molecule has 0 atom stereocenters. The zero-order chi connectivity index (χ0) is 14.0. The first-order valence-corrected chi connectivity index (χ1v) is 7.28. The van der Waals surface area contributed by atoms with Gasteiger partial charge in [-0.1, -0.05) is 0 Å². The first-order chi connectivity index (χ1) is 8.90. The van der Waals surface area contributed by atoms with Crippen molar-refractivity contribution in [2.45, 2.75) is 18.1 Å². The van der Waals surface area contributed by atoms with E-state index in [-0.39, 0.29) is 11.4 Å². The molecule has 5 nitrogen and oxygen atoms in total. The van der Waals surface area contributed by atoms with Gasteiger partial charge >= 0.3 is 0 Å². The number of sulfonamides is 1. The molecule has 8 heteroatoms. The van der Waals surface area contributed by atoms with E-state index in [1.54, 1.807) is 0 Å². The SMILES string of the molecule is Nc1cc(NS(=O)(=O)C2CCOCC2)c(F)cc1F. The van der Waals surface area contributed by atoms with E-state index >= 15 is 0 Å². The van der Waals surface area contributed by atoms with Gasteiger partial charge < -0.3 is 10.5 Å². The highest BCUT2D eigenvalue weighted by Gasteiger charge is 2.28. The average Bonchev–Trinajstić information content (AvgIpc) is 2.37. The van der Waals surface area contributed by atoms with Gasteiger partial charge in [0.05, 0.1) is 16.6 Å². The lowest BCUT2D eigenvalue weighted by molar-refractivity contribution is 0.0984. The number of nitrogens with one attached hydrogen (secondary N) is 1. The van der Waals surface area contributed by atoms with Crippen LogP contribution in [0.25, 0.3) is 0 Å². The summed E-state index contributed by atoms with van der Waals surface area (Å²) >= 11 is 0. The summed E-state index contributed by atoms with van der Waals surface area (Å²) in [5.41, 5.74) is 4.63. The second-order valence-corrected chi connectivity index (χ2v) is 6.27. The molecule has 1 aliphatic heterocycles.